The van der Waals surface area contributed by atoms with Crippen molar-refractivity contribution in [3.8, 4) is 0 Å². The molecule has 0 saturated heterocycles. The van der Waals surface area contributed by atoms with Crippen LogP contribution in [0.4, 0.5) is 0 Å². The van der Waals surface area contributed by atoms with Gasteiger partial charge in [-0.2, -0.15) is 0 Å². The van der Waals surface area contributed by atoms with E-state index >= 15 is 0 Å². The van der Waals surface area contributed by atoms with Gasteiger partial charge in [-0.15, -0.1) is 0 Å². The van der Waals surface area contributed by atoms with Gasteiger partial charge in [0.15, 0.2) is 0 Å². The van der Waals surface area contributed by atoms with Crippen molar-refractivity contribution in [2.24, 2.45) is 17.6 Å². The Kier molecular flexibility index (Phi) is 15.7. The van der Waals surface area contributed by atoms with E-state index < -0.39 is 0 Å². The summed E-state index contributed by atoms with van der Waals surface area (Å²) in [6, 6.07) is 0.00682. The maximum atomic E-state index is 6.08. The van der Waals surface area contributed by atoms with Gasteiger partial charge in [0.25, 0.3) is 0 Å². The van der Waals surface area contributed by atoms with Crippen molar-refractivity contribution in [1.29, 1.82) is 0 Å². The first-order valence-electron chi connectivity index (χ1n) is 9.58. The number of nitrogens with two attached hydrogens (primary N) is 1. The van der Waals surface area contributed by atoms with Gasteiger partial charge in [-0.3, -0.25) is 0 Å². The van der Waals surface area contributed by atoms with Gasteiger partial charge in [0, 0.05) is 13.2 Å². The van der Waals surface area contributed by atoms with Crippen molar-refractivity contribution < 1.29 is 9.47 Å². The molecule has 2 unspecified atom stereocenters. The molecule has 0 amide bonds. The molecule has 0 aromatic heterocycles. The Morgan fingerprint density at radius 2 is 1.09 bits per heavy atom. The van der Waals surface area contributed by atoms with Crippen LogP contribution in [0.1, 0.15) is 79.1 Å². The highest BCUT2D eigenvalue weighted by Crippen LogP contribution is 2.14. The van der Waals surface area contributed by atoms with Gasteiger partial charge in [-0.25, -0.2) is 0 Å². The van der Waals surface area contributed by atoms with Crippen molar-refractivity contribution >= 4 is 0 Å². The lowest BCUT2D eigenvalue weighted by Crippen LogP contribution is -2.33. The molecule has 0 saturated carbocycles. The summed E-state index contributed by atoms with van der Waals surface area (Å²) in [5, 5.41) is 0. The van der Waals surface area contributed by atoms with E-state index in [1.165, 1.54) is 51.4 Å². The zero-order chi connectivity index (χ0) is 16.6. The molecule has 2 N–H and O–H groups in total. The molecule has 2 atom stereocenters. The Balaban J connectivity index is 3.65. The molecule has 0 aliphatic heterocycles. The summed E-state index contributed by atoms with van der Waals surface area (Å²) in [7, 11) is 0. The summed E-state index contributed by atoms with van der Waals surface area (Å²) in [6.45, 7) is 11.9. The molecule has 0 aromatic rings. The maximum Gasteiger partial charge on any atom is 0.0640 e. The lowest BCUT2D eigenvalue weighted by molar-refractivity contribution is 0.0381. The van der Waals surface area contributed by atoms with Gasteiger partial charge < -0.3 is 15.2 Å². The van der Waals surface area contributed by atoms with E-state index in [-0.39, 0.29) is 6.04 Å². The van der Waals surface area contributed by atoms with E-state index in [1.807, 2.05) is 0 Å². The van der Waals surface area contributed by atoms with Crippen molar-refractivity contribution in [1.82, 2.24) is 0 Å². The van der Waals surface area contributed by atoms with Crippen molar-refractivity contribution in [2.75, 3.05) is 26.4 Å². The van der Waals surface area contributed by atoms with Gasteiger partial charge in [0.05, 0.1) is 19.3 Å². The van der Waals surface area contributed by atoms with Crippen LogP contribution in [0.15, 0.2) is 0 Å². The third kappa shape index (κ3) is 12.4. The molecule has 0 aliphatic rings. The number of ether oxygens (including phenoxy) is 2. The predicted molar refractivity (Wildman–Crippen MR) is 96.2 cm³/mol. The minimum absolute atomic E-state index is 0.00682. The molecule has 0 heterocycles. The highest BCUT2D eigenvalue weighted by atomic mass is 16.5. The first-order chi connectivity index (χ1) is 10.7. The van der Waals surface area contributed by atoms with Gasteiger partial charge in [0.2, 0.25) is 0 Å². The second kappa shape index (κ2) is 15.8. The molecule has 3 heteroatoms. The zero-order valence-corrected chi connectivity index (χ0v) is 15.6. The van der Waals surface area contributed by atoms with Crippen molar-refractivity contribution in [3.63, 3.8) is 0 Å². The summed E-state index contributed by atoms with van der Waals surface area (Å²) in [5.74, 6) is 1.37. The highest BCUT2D eigenvalue weighted by Gasteiger charge is 2.10. The van der Waals surface area contributed by atoms with Crippen LogP contribution in [0.25, 0.3) is 0 Å². The Bertz CT molecular complexity index is 201. The standard InChI is InChI=1S/C19H41NO2/c1-5-9-11-17(7-3)13-21-15-19(20)16-22-14-18(8-4)12-10-6-2/h17-19H,5-16,20H2,1-4H3. The third-order valence-electron chi connectivity index (χ3n) is 4.46. The van der Waals surface area contributed by atoms with Crippen LogP contribution in [0.3, 0.4) is 0 Å². The SMILES string of the molecule is CCCCC(CC)COCC(N)COCC(CC)CCCC. The van der Waals surface area contributed by atoms with Crippen LogP contribution in [-0.4, -0.2) is 32.5 Å². The van der Waals surface area contributed by atoms with Crippen molar-refractivity contribution in [3.05, 3.63) is 0 Å². The highest BCUT2D eigenvalue weighted by molar-refractivity contribution is 4.62. The Morgan fingerprint density at radius 1 is 0.682 bits per heavy atom. The summed E-state index contributed by atoms with van der Waals surface area (Å²) in [4.78, 5) is 0. The quantitative estimate of drug-likeness (QED) is 0.446. The van der Waals surface area contributed by atoms with Gasteiger partial charge in [-0.05, 0) is 24.7 Å². The predicted octanol–water partition coefficient (Wildman–Crippen LogP) is 4.78. The minimum Gasteiger partial charge on any atom is -0.379 e. The molecular weight excluding hydrogens is 274 g/mol. The molecule has 0 bridgehead atoms. The van der Waals surface area contributed by atoms with Crippen LogP contribution in [0, 0.1) is 11.8 Å². The summed E-state index contributed by atoms with van der Waals surface area (Å²) in [5.41, 5.74) is 6.08. The second-order valence-corrected chi connectivity index (χ2v) is 6.67. The molecule has 0 aromatic carbocycles. The smallest absolute Gasteiger partial charge is 0.0640 e. The lowest BCUT2D eigenvalue weighted by Gasteiger charge is -2.19. The normalized spacial score (nSPS) is 15.7. The first kappa shape index (κ1) is 21.9. The Morgan fingerprint density at radius 3 is 1.41 bits per heavy atom. The van der Waals surface area contributed by atoms with Gasteiger partial charge in [0.1, 0.15) is 0 Å². The van der Waals surface area contributed by atoms with Gasteiger partial charge >= 0.3 is 0 Å². The van der Waals surface area contributed by atoms with E-state index in [4.69, 9.17) is 15.2 Å². The minimum atomic E-state index is 0.00682. The molecule has 3 nitrogen and oxygen atoms in total. The monoisotopic (exact) mass is 315 g/mol. The fraction of sp³-hybridized carbons (Fsp3) is 1.00. The molecule has 0 rings (SSSR count). The van der Waals surface area contributed by atoms with E-state index in [2.05, 4.69) is 27.7 Å². The van der Waals surface area contributed by atoms with E-state index in [0.29, 0.717) is 25.0 Å². The second-order valence-electron chi connectivity index (χ2n) is 6.67. The molecular formula is C19H41NO2. The molecule has 134 valence electrons. The van der Waals surface area contributed by atoms with E-state index in [1.54, 1.807) is 0 Å². The number of unbranched alkanes of at least 4 members (excludes halogenated alkanes) is 2. The number of rotatable bonds is 16. The van der Waals surface area contributed by atoms with Crippen molar-refractivity contribution in [2.45, 2.75) is 85.1 Å². The van der Waals surface area contributed by atoms with Gasteiger partial charge in [-0.1, -0.05) is 66.2 Å². The zero-order valence-electron chi connectivity index (χ0n) is 15.6. The average molecular weight is 316 g/mol. The molecule has 22 heavy (non-hydrogen) atoms. The molecule has 0 fully saturated rings. The number of hydrogen-bond acceptors (Lipinski definition) is 3. The topological polar surface area (TPSA) is 44.5 Å². The van der Waals surface area contributed by atoms with E-state index in [9.17, 15) is 0 Å². The summed E-state index contributed by atoms with van der Waals surface area (Å²) in [6.07, 6.45) is 10.1. The summed E-state index contributed by atoms with van der Waals surface area (Å²) < 4.78 is 11.6. The first-order valence-corrected chi connectivity index (χ1v) is 9.58. The number of hydrogen-bond donors (Lipinski definition) is 1. The average Bonchev–Trinajstić information content (AvgIpc) is 2.53. The van der Waals surface area contributed by atoms with Crippen LogP contribution in [0.5, 0.6) is 0 Å². The molecule has 0 spiro atoms. The van der Waals surface area contributed by atoms with Crippen LogP contribution >= 0.6 is 0 Å². The van der Waals surface area contributed by atoms with Crippen LogP contribution in [-0.2, 0) is 9.47 Å². The fourth-order valence-electron chi connectivity index (χ4n) is 2.62. The summed E-state index contributed by atoms with van der Waals surface area (Å²) >= 11 is 0. The van der Waals surface area contributed by atoms with E-state index in [0.717, 1.165) is 13.2 Å². The van der Waals surface area contributed by atoms with Crippen LogP contribution < -0.4 is 5.73 Å². The molecule has 0 radical (unpaired) electrons. The largest absolute Gasteiger partial charge is 0.379 e. The molecule has 0 aliphatic carbocycles. The third-order valence-corrected chi connectivity index (χ3v) is 4.46. The lowest BCUT2D eigenvalue weighted by atomic mass is 10.0. The Labute approximate surface area is 139 Å². The fourth-order valence-corrected chi connectivity index (χ4v) is 2.62. The Hall–Kier alpha value is -0.120. The maximum absolute atomic E-state index is 6.08. The van der Waals surface area contributed by atoms with Crippen LogP contribution in [0.2, 0.25) is 0 Å².